The molecule has 0 radical (unpaired) electrons. The van der Waals surface area contributed by atoms with Crippen LogP contribution in [0.2, 0.25) is 0 Å². The van der Waals surface area contributed by atoms with E-state index in [0.29, 0.717) is 0 Å². The molecule has 4 rings (SSSR count). The largest absolute Gasteiger partial charge is 0.508 e. The van der Waals surface area contributed by atoms with Gasteiger partial charge in [-0.2, -0.15) is 0 Å². The van der Waals surface area contributed by atoms with Gasteiger partial charge in [0, 0.05) is 23.8 Å². The summed E-state index contributed by atoms with van der Waals surface area (Å²) in [6, 6.07) is 7.14. The number of rotatable bonds is 4. The van der Waals surface area contributed by atoms with Gasteiger partial charge in [0.25, 0.3) is 0 Å². The highest BCUT2D eigenvalue weighted by molar-refractivity contribution is 5.86. The van der Waals surface area contributed by atoms with E-state index in [0.717, 1.165) is 18.2 Å². The second-order valence-corrected chi connectivity index (χ2v) is 7.31. The van der Waals surface area contributed by atoms with Gasteiger partial charge in [-0.3, -0.25) is 4.79 Å². The Labute approximate surface area is 179 Å². The second-order valence-electron chi connectivity index (χ2n) is 7.31. The fourth-order valence-corrected chi connectivity index (χ4v) is 3.44. The molecule has 170 valence electrons. The van der Waals surface area contributed by atoms with Gasteiger partial charge in [0.15, 0.2) is 16.9 Å². The van der Waals surface area contributed by atoms with Crippen LogP contribution >= 0.6 is 0 Å². The SMILES string of the molecule is O=c1cc(-c2ccc(O)c(O)c2)oc2cc(O)cc(O[C@@H]3O[C@H](CO)[C@@H](O)[C@@H](O)[C@H]3O)c12. The van der Waals surface area contributed by atoms with Crippen LogP contribution in [0.1, 0.15) is 0 Å². The van der Waals surface area contributed by atoms with Crippen LogP contribution in [0, 0.1) is 0 Å². The molecule has 11 nitrogen and oxygen atoms in total. The number of aliphatic hydroxyl groups is 4. The zero-order valence-electron chi connectivity index (χ0n) is 16.3. The van der Waals surface area contributed by atoms with E-state index >= 15 is 0 Å². The van der Waals surface area contributed by atoms with Crippen molar-refractivity contribution >= 4 is 11.0 Å². The number of ether oxygens (including phenoxy) is 2. The third-order valence-electron chi connectivity index (χ3n) is 5.13. The van der Waals surface area contributed by atoms with E-state index in [1.54, 1.807) is 0 Å². The predicted octanol–water partition coefficient (Wildman–Crippen LogP) is -0.245. The highest BCUT2D eigenvalue weighted by Gasteiger charge is 2.45. The third-order valence-corrected chi connectivity index (χ3v) is 5.13. The second kappa shape index (κ2) is 8.30. The quantitative estimate of drug-likeness (QED) is 0.261. The van der Waals surface area contributed by atoms with E-state index in [-0.39, 0.29) is 39.5 Å². The number of aromatic hydroxyl groups is 3. The molecule has 1 aliphatic heterocycles. The zero-order chi connectivity index (χ0) is 23.2. The van der Waals surface area contributed by atoms with E-state index < -0.39 is 48.5 Å². The van der Waals surface area contributed by atoms with Crippen LogP contribution in [-0.2, 0) is 4.74 Å². The van der Waals surface area contributed by atoms with Crippen molar-refractivity contribution in [3.63, 3.8) is 0 Å². The lowest BCUT2D eigenvalue weighted by molar-refractivity contribution is -0.277. The van der Waals surface area contributed by atoms with Crippen LogP contribution < -0.4 is 10.2 Å². The van der Waals surface area contributed by atoms with Crippen molar-refractivity contribution in [3.05, 3.63) is 46.6 Å². The smallest absolute Gasteiger partial charge is 0.229 e. The fourth-order valence-electron chi connectivity index (χ4n) is 3.44. The Morgan fingerprint density at radius 1 is 0.906 bits per heavy atom. The Balaban J connectivity index is 1.76. The van der Waals surface area contributed by atoms with Gasteiger partial charge in [-0.05, 0) is 18.2 Å². The monoisotopic (exact) mass is 448 g/mol. The Morgan fingerprint density at radius 2 is 1.66 bits per heavy atom. The Morgan fingerprint density at radius 3 is 2.34 bits per heavy atom. The van der Waals surface area contributed by atoms with Crippen molar-refractivity contribution in [1.29, 1.82) is 0 Å². The van der Waals surface area contributed by atoms with Crippen molar-refractivity contribution in [3.8, 4) is 34.3 Å². The first-order valence-corrected chi connectivity index (χ1v) is 9.50. The van der Waals surface area contributed by atoms with Crippen LogP contribution in [0.4, 0.5) is 0 Å². The molecule has 0 aliphatic carbocycles. The minimum Gasteiger partial charge on any atom is -0.508 e. The minimum absolute atomic E-state index is 0.0298. The minimum atomic E-state index is -1.73. The van der Waals surface area contributed by atoms with Crippen LogP contribution in [0.5, 0.6) is 23.0 Å². The number of phenolic OH excluding ortho intramolecular Hbond substituents is 3. The maximum atomic E-state index is 12.9. The number of aliphatic hydroxyl groups excluding tert-OH is 4. The van der Waals surface area contributed by atoms with Gasteiger partial charge in [-0.1, -0.05) is 0 Å². The molecule has 1 fully saturated rings. The van der Waals surface area contributed by atoms with Gasteiger partial charge >= 0.3 is 0 Å². The number of hydrogen-bond donors (Lipinski definition) is 7. The zero-order valence-corrected chi connectivity index (χ0v) is 16.3. The number of hydrogen-bond acceptors (Lipinski definition) is 11. The van der Waals surface area contributed by atoms with Crippen LogP contribution in [0.3, 0.4) is 0 Å². The summed E-state index contributed by atoms with van der Waals surface area (Å²) < 4.78 is 16.5. The molecule has 0 unspecified atom stereocenters. The normalized spacial score (nSPS) is 25.7. The molecule has 0 bridgehead atoms. The lowest BCUT2D eigenvalue weighted by Gasteiger charge is -2.39. The van der Waals surface area contributed by atoms with Gasteiger partial charge in [-0.25, -0.2) is 0 Å². The molecule has 0 amide bonds. The Bertz CT molecular complexity index is 1200. The van der Waals surface area contributed by atoms with Gasteiger partial charge in [0.05, 0.1) is 6.61 Å². The molecule has 2 heterocycles. The summed E-state index contributed by atoms with van der Waals surface area (Å²) >= 11 is 0. The first kappa shape index (κ1) is 21.9. The van der Waals surface area contributed by atoms with Gasteiger partial charge in [0.1, 0.15) is 52.6 Å². The third kappa shape index (κ3) is 3.83. The van der Waals surface area contributed by atoms with Crippen molar-refractivity contribution in [1.82, 2.24) is 0 Å². The Kier molecular flexibility index (Phi) is 5.67. The summed E-state index contributed by atoms with van der Waals surface area (Å²) in [4.78, 5) is 12.9. The van der Waals surface area contributed by atoms with E-state index in [9.17, 15) is 40.5 Å². The number of benzene rings is 2. The number of phenols is 3. The maximum Gasteiger partial charge on any atom is 0.229 e. The molecule has 1 aromatic heterocycles. The van der Waals surface area contributed by atoms with Crippen LogP contribution in [0.15, 0.2) is 45.6 Å². The van der Waals surface area contributed by atoms with Crippen molar-refractivity contribution in [2.75, 3.05) is 6.61 Å². The standard InChI is InChI=1S/C21H20O11/c22-7-16-18(27)19(28)20(29)21(32-16)31-15-5-9(23)4-14-17(15)12(26)6-13(30-14)8-1-2-10(24)11(25)3-8/h1-6,16,18-25,27-29H,7H2/t16-,18-,19-,20-,21-/m1/s1. The van der Waals surface area contributed by atoms with E-state index in [1.807, 2.05) is 0 Å². The summed E-state index contributed by atoms with van der Waals surface area (Å²) in [5.74, 6) is -1.34. The van der Waals surface area contributed by atoms with Crippen LogP contribution in [0.25, 0.3) is 22.3 Å². The van der Waals surface area contributed by atoms with Crippen LogP contribution in [-0.4, -0.2) is 73.1 Å². The predicted molar refractivity (Wildman–Crippen MR) is 107 cm³/mol. The first-order chi connectivity index (χ1) is 15.2. The summed E-state index contributed by atoms with van der Waals surface area (Å²) in [5.41, 5.74) is -0.424. The molecule has 32 heavy (non-hydrogen) atoms. The molecule has 3 aromatic rings. The van der Waals surface area contributed by atoms with Crippen molar-refractivity contribution < 1.29 is 49.6 Å². The van der Waals surface area contributed by atoms with E-state index in [1.165, 1.54) is 18.2 Å². The van der Waals surface area contributed by atoms with E-state index in [4.69, 9.17) is 13.9 Å². The molecule has 5 atom stereocenters. The van der Waals surface area contributed by atoms with Gasteiger partial charge in [0.2, 0.25) is 6.29 Å². The average molecular weight is 448 g/mol. The molecular formula is C21H20O11. The van der Waals surface area contributed by atoms with Gasteiger partial charge in [-0.15, -0.1) is 0 Å². The summed E-state index contributed by atoms with van der Waals surface area (Å²) in [6.45, 7) is -0.670. The molecule has 11 heteroatoms. The molecule has 0 spiro atoms. The molecule has 1 aliphatic rings. The van der Waals surface area contributed by atoms with E-state index in [2.05, 4.69) is 0 Å². The molecule has 7 N–H and O–H groups in total. The first-order valence-electron chi connectivity index (χ1n) is 9.50. The fraction of sp³-hybridized carbons (Fsp3) is 0.286. The van der Waals surface area contributed by atoms with Crippen molar-refractivity contribution in [2.24, 2.45) is 0 Å². The summed E-state index contributed by atoms with van der Waals surface area (Å²) in [7, 11) is 0. The average Bonchev–Trinajstić information content (AvgIpc) is 2.75. The lowest BCUT2D eigenvalue weighted by Crippen LogP contribution is -2.60. The molecule has 0 saturated carbocycles. The highest BCUT2D eigenvalue weighted by Crippen LogP contribution is 2.35. The topological polar surface area (TPSA) is 190 Å². The molecular weight excluding hydrogens is 428 g/mol. The van der Waals surface area contributed by atoms with Gasteiger partial charge < -0.3 is 49.6 Å². The van der Waals surface area contributed by atoms with Crippen molar-refractivity contribution in [2.45, 2.75) is 30.7 Å². The lowest BCUT2D eigenvalue weighted by atomic mass is 9.99. The Hall–Kier alpha value is -3.35. The summed E-state index contributed by atoms with van der Waals surface area (Å²) in [6.07, 6.45) is -7.82. The highest BCUT2D eigenvalue weighted by atomic mass is 16.7. The summed E-state index contributed by atoms with van der Waals surface area (Å²) in [5, 5.41) is 68.4. The molecule has 2 aromatic carbocycles. The maximum absolute atomic E-state index is 12.9. The number of fused-ring (bicyclic) bond motifs is 1. The molecule has 1 saturated heterocycles.